The van der Waals surface area contributed by atoms with Crippen molar-refractivity contribution in [2.75, 3.05) is 6.54 Å². The molecular formula is C19H22N2O4S. The fraction of sp³-hybridized carbons (Fsp3) is 0.211. The predicted octanol–water partition coefficient (Wildman–Crippen LogP) is 2.86. The predicted molar refractivity (Wildman–Crippen MR) is 101 cm³/mol. The minimum atomic E-state index is -3.98. The summed E-state index contributed by atoms with van der Waals surface area (Å²) in [6, 6.07) is 11.1. The van der Waals surface area contributed by atoms with Crippen LogP contribution in [-0.2, 0) is 14.8 Å². The van der Waals surface area contributed by atoms with E-state index in [9.17, 15) is 13.2 Å². The van der Waals surface area contributed by atoms with Crippen LogP contribution in [0.2, 0.25) is 0 Å². The molecule has 2 N–H and O–H groups in total. The summed E-state index contributed by atoms with van der Waals surface area (Å²) in [5.74, 6) is -0.807. The highest BCUT2D eigenvalue weighted by Gasteiger charge is 2.34. The molecular weight excluding hydrogens is 352 g/mol. The van der Waals surface area contributed by atoms with Crippen molar-refractivity contribution in [2.45, 2.75) is 23.8 Å². The van der Waals surface area contributed by atoms with Gasteiger partial charge in [-0.2, -0.15) is 4.31 Å². The standard InChI is InChI=1S/C19H22N2O4S/c1-3-5-13-21(18(8-4-2)19(22)20-23)26(24,25)17-12-11-15-9-6-7-10-16(15)14-17/h3-4,6-7,9-12,14,18,23H,1-2,5,8,13H2,(H,20,22)/t18-/m1/s1. The molecule has 0 saturated heterocycles. The molecule has 0 spiro atoms. The highest BCUT2D eigenvalue weighted by Crippen LogP contribution is 2.24. The minimum absolute atomic E-state index is 0.0601. The van der Waals surface area contributed by atoms with Crippen molar-refractivity contribution < 1.29 is 18.4 Å². The van der Waals surface area contributed by atoms with Crippen LogP contribution in [0, 0.1) is 0 Å². The SMILES string of the molecule is C=CCCN([C@H](CC=C)C(=O)NO)S(=O)(=O)c1ccc2ccccc2c1. The molecule has 0 aliphatic carbocycles. The molecule has 138 valence electrons. The maximum atomic E-state index is 13.2. The second-order valence-electron chi connectivity index (χ2n) is 5.72. The molecule has 2 aromatic carbocycles. The van der Waals surface area contributed by atoms with E-state index in [1.165, 1.54) is 12.1 Å². The molecule has 1 atom stereocenters. The maximum Gasteiger partial charge on any atom is 0.262 e. The van der Waals surface area contributed by atoms with Crippen molar-refractivity contribution in [3.8, 4) is 0 Å². The number of nitrogens with zero attached hydrogens (tertiary/aromatic N) is 1. The average Bonchev–Trinajstić information content (AvgIpc) is 2.66. The maximum absolute atomic E-state index is 13.2. The third-order valence-electron chi connectivity index (χ3n) is 4.03. The van der Waals surface area contributed by atoms with Crippen LogP contribution in [0.5, 0.6) is 0 Å². The number of hydroxylamine groups is 1. The summed E-state index contributed by atoms with van der Waals surface area (Å²) in [5.41, 5.74) is 1.54. The zero-order valence-corrected chi connectivity index (χ0v) is 15.2. The lowest BCUT2D eigenvalue weighted by Gasteiger charge is -2.28. The molecule has 0 fully saturated rings. The van der Waals surface area contributed by atoms with E-state index in [-0.39, 0.29) is 17.9 Å². The summed E-state index contributed by atoms with van der Waals surface area (Å²) in [6.45, 7) is 7.24. The number of sulfonamides is 1. The number of hydrogen-bond donors (Lipinski definition) is 2. The zero-order valence-electron chi connectivity index (χ0n) is 14.3. The van der Waals surface area contributed by atoms with Crippen LogP contribution in [0.4, 0.5) is 0 Å². The summed E-state index contributed by atoms with van der Waals surface area (Å²) < 4.78 is 27.5. The van der Waals surface area contributed by atoms with Crippen molar-refractivity contribution in [1.29, 1.82) is 0 Å². The number of nitrogens with one attached hydrogen (secondary N) is 1. The van der Waals surface area contributed by atoms with Crippen LogP contribution in [-0.4, -0.2) is 36.4 Å². The number of hydrogen-bond acceptors (Lipinski definition) is 4. The van der Waals surface area contributed by atoms with Gasteiger partial charge in [0.2, 0.25) is 10.0 Å². The number of rotatable bonds is 9. The molecule has 0 aliphatic heterocycles. The largest absolute Gasteiger partial charge is 0.289 e. The number of amides is 1. The van der Waals surface area contributed by atoms with E-state index >= 15 is 0 Å². The van der Waals surface area contributed by atoms with E-state index in [0.29, 0.717) is 6.42 Å². The second kappa shape index (κ2) is 8.75. The lowest BCUT2D eigenvalue weighted by Crippen LogP contribution is -2.49. The fourth-order valence-corrected chi connectivity index (χ4v) is 4.36. The van der Waals surface area contributed by atoms with Gasteiger partial charge in [-0.05, 0) is 35.7 Å². The molecule has 2 aromatic rings. The topological polar surface area (TPSA) is 86.7 Å². The van der Waals surface area contributed by atoms with Crippen molar-refractivity contribution in [2.24, 2.45) is 0 Å². The Morgan fingerprint density at radius 3 is 2.46 bits per heavy atom. The zero-order chi connectivity index (χ0) is 19.2. The monoisotopic (exact) mass is 374 g/mol. The molecule has 26 heavy (non-hydrogen) atoms. The van der Waals surface area contributed by atoms with Gasteiger partial charge < -0.3 is 0 Å². The van der Waals surface area contributed by atoms with Crippen molar-refractivity contribution in [3.63, 3.8) is 0 Å². The van der Waals surface area contributed by atoms with E-state index in [0.717, 1.165) is 15.1 Å². The summed E-state index contributed by atoms with van der Waals surface area (Å²) >= 11 is 0. The first-order valence-electron chi connectivity index (χ1n) is 8.12. The molecule has 0 aromatic heterocycles. The summed E-state index contributed by atoms with van der Waals surface area (Å²) in [7, 11) is -3.98. The number of carbonyl (C=O) groups is 1. The second-order valence-corrected chi connectivity index (χ2v) is 7.61. The van der Waals surface area contributed by atoms with E-state index in [4.69, 9.17) is 5.21 Å². The van der Waals surface area contributed by atoms with Gasteiger partial charge in [-0.1, -0.05) is 42.5 Å². The Hall–Kier alpha value is -2.48. The Morgan fingerprint density at radius 2 is 1.85 bits per heavy atom. The third-order valence-corrected chi connectivity index (χ3v) is 5.94. The average molecular weight is 374 g/mol. The Bertz CT molecular complexity index is 909. The van der Waals surface area contributed by atoms with Gasteiger partial charge in [-0.15, -0.1) is 13.2 Å². The smallest absolute Gasteiger partial charge is 0.262 e. The van der Waals surface area contributed by atoms with E-state index < -0.39 is 22.0 Å². The van der Waals surface area contributed by atoms with Gasteiger partial charge in [0.05, 0.1) is 4.90 Å². The van der Waals surface area contributed by atoms with Gasteiger partial charge in [0, 0.05) is 6.54 Å². The summed E-state index contributed by atoms with van der Waals surface area (Å²) in [5, 5.41) is 10.7. The molecule has 0 saturated carbocycles. The molecule has 6 nitrogen and oxygen atoms in total. The molecule has 0 heterocycles. The molecule has 0 bridgehead atoms. The molecule has 1 amide bonds. The molecule has 0 radical (unpaired) electrons. The molecule has 0 unspecified atom stereocenters. The number of carbonyl (C=O) groups excluding carboxylic acids is 1. The first-order valence-corrected chi connectivity index (χ1v) is 9.56. The third kappa shape index (κ3) is 4.19. The Morgan fingerprint density at radius 1 is 1.15 bits per heavy atom. The van der Waals surface area contributed by atoms with Crippen molar-refractivity contribution >= 4 is 26.7 Å². The van der Waals surface area contributed by atoms with E-state index in [2.05, 4.69) is 13.2 Å². The van der Waals surface area contributed by atoms with Crippen molar-refractivity contribution in [1.82, 2.24) is 9.79 Å². The van der Waals surface area contributed by atoms with Gasteiger partial charge in [0.25, 0.3) is 5.91 Å². The van der Waals surface area contributed by atoms with Crippen LogP contribution in [0.15, 0.2) is 72.7 Å². The minimum Gasteiger partial charge on any atom is -0.289 e. The quantitative estimate of drug-likeness (QED) is 0.401. The van der Waals surface area contributed by atoms with Gasteiger partial charge in [-0.25, -0.2) is 13.9 Å². The molecule has 7 heteroatoms. The summed E-state index contributed by atoms with van der Waals surface area (Å²) in [6.07, 6.45) is 3.44. The Labute approximate surface area is 153 Å². The first kappa shape index (κ1) is 19.8. The number of benzene rings is 2. The number of fused-ring (bicyclic) bond motifs is 1. The highest BCUT2D eigenvalue weighted by molar-refractivity contribution is 7.89. The lowest BCUT2D eigenvalue weighted by molar-refractivity contribution is -0.133. The lowest BCUT2D eigenvalue weighted by atomic mass is 10.1. The highest BCUT2D eigenvalue weighted by atomic mass is 32.2. The van der Waals surface area contributed by atoms with Gasteiger partial charge in [0.1, 0.15) is 6.04 Å². The van der Waals surface area contributed by atoms with Crippen LogP contribution >= 0.6 is 0 Å². The summed E-state index contributed by atoms with van der Waals surface area (Å²) in [4.78, 5) is 12.1. The normalized spacial score (nSPS) is 12.7. The van der Waals surface area contributed by atoms with Crippen LogP contribution in [0.3, 0.4) is 0 Å². The molecule has 0 aliphatic rings. The van der Waals surface area contributed by atoms with Gasteiger partial charge in [-0.3, -0.25) is 10.0 Å². The fourth-order valence-electron chi connectivity index (χ4n) is 2.71. The van der Waals surface area contributed by atoms with Crippen LogP contribution < -0.4 is 5.48 Å². The Kier molecular flexibility index (Phi) is 6.68. The van der Waals surface area contributed by atoms with Gasteiger partial charge >= 0.3 is 0 Å². The van der Waals surface area contributed by atoms with Crippen molar-refractivity contribution in [3.05, 3.63) is 67.8 Å². The Balaban J connectivity index is 2.53. The molecule has 2 rings (SSSR count). The van der Waals surface area contributed by atoms with E-state index in [1.54, 1.807) is 23.7 Å². The van der Waals surface area contributed by atoms with Gasteiger partial charge in [0.15, 0.2) is 0 Å². The van der Waals surface area contributed by atoms with Crippen LogP contribution in [0.1, 0.15) is 12.8 Å². The van der Waals surface area contributed by atoms with E-state index in [1.807, 2.05) is 24.3 Å². The van der Waals surface area contributed by atoms with Crippen LogP contribution in [0.25, 0.3) is 10.8 Å². The first-order chi connectivity index (χ1) is 12.5.